The fraction of sp³-hybridized carbons (Fsp3) is 0.333. The Kier molecular flexibility index (Phi) is 0.789. The Morgan fingerprint density at radius 1 is 1.33 bits per heavy atom. The summed E-state index contributed by atoms with van der Waals surface area (Å²) in [6, 6.07) is 0. The third-order valence-electron chi connectivity index (χ3n) is 0.980. The van der Waals surface area contributed by atoms with Crippen molar-refractivity contribution in [3.63, 3.8) is 0 Å². The highest BCUT2D eigenvalue weighted by Gasteiger charge is 1.92. The molecule has 0 aliphatic heterocycles. The second-order valence-electron chi connectivity index (χ2n) is 1.63. The summed E-state index contributed by atoms with van der Waals surface area (Å²) in [5.41, 5.74) is 1.34. The number of rotatable bonds is 0. The summed E-state index contributed by atoms with van der Waals surface area (Å²) < 4.78 is 0. The second kappa shape index (κ2) is 1.29. The maximum Gasteiger partial charge on any atom is -0.0138 e. The van der Waals surface area contributed by atoms with E-state index in [-0.39, 0.29) is 0 Å². The SMILES string of the molecule is C=C1CC=CC1. The lowest BCUT2D eigenvalue weighted by Gasteiger charge is -1.81. The van der Waals surface area contributed by atoms with Gasteiger partial charge in [-0.3, -0.25) is 0 Å². The van der Waals surface area contributed by atoms with Gasteiger partial charge in [0.25, 0.3) is 0 Å². The zero-order chi connectivity index (χ0) is 4.41. The third-order valence-corrected chi connectivity index (χ3v) is 0.980. The van der Waals surface area contributed by atoms with E-state index < -0.39 is 0 Å². The van der Waals surface area contributed by atoms with Crippen molar-refractivity contribution in [1.82, 2.24) is 0 Å². The number of allylic oxidation sites excluding steroid dienone is 3. The molecule has 0 saturated carbocycles. The predicted octanol–water partition coefficient (Wildman–Crippen LogP) is 1.89. The van der Waals surface area contributed by atoms with Crippen molar-refractivity contribution < 1.29 is 0 Å². The van der Waals surface area contributed by atoms with Crippen LogP contribution in [0, 0.1) is 0 Å². The minimum Gasteiger partial charge on any atom is -0.0992 e. The van der Waals surface area contributed by atoms with Gasteiger partial charge in [-0.25, -0.2) is 0 Å². The minimum absolute atomic E-state index is 1.11. The normalized spacial score (nSPS) is 19.7. The summed E-state index contributed by atoms with van der Waals surface area (Å²) in [6.07, 6.45) is 6.53. The van der Waals surface area contributed by atoms with Gasteiger partial charge in [0, 0.05) is 0 Å². The van der Waals surface area contributed by atoms with Crippen LogP contribution in [-0.2, 0) is 0 Å². The molecule has 0 aromatic carbocycles. The largest absolute Gasteiger partial charge is 0.0992 e. The predicted molar refractivity (Wildman–Crippen MR) is 27.5 cm³/mol. The van der Waals surface area contributed by atoms with E-state index in [0.717, 1.165) is 12.8 Å². The highest BCUT2D eigenvalue weighted by molar-refractivity contribution is 5.13. The van der Waals surface area contributed by atoms with Crippen LogP contribution in [0.4, 0.5) is 0 Å². The maximum absolute atomic E-state index is 3.79. The van der Waals surface area contributed by atoms with Crippen molar-refractivity contribution in [2.45, 2.75) is 12.8 Å². The third kappa shape index (κ3) is 0.510. The van der Waals surface area contributed by atoms with Gasteiger partial charge in [0.1, 0.15) is 0 Å². The average molecular weight is 80.1 g/mol. The lowest BCUT2D eigenvalue weighted by atomic mass is 10.3. The van der Waals surface area contributed by atoms with Gasteiger partial charge in [0.05, 0.1) is 0 Å². The average Bonchev–Trinajstić information content (AvgIpc) is 1.86. The lowest BCUT2D eigenvalue weighted by Crippen LogP contribution is -1.61. The van der Waals surface area contributed by atoms with Crippen molar-refractivity contribution in [3.8, 4) is 0 Å². The smallest absolute Gasteiger partial charge is 0.0138 e. The van der Waals surface area contributed by atoms with Crippen LogP contribution in [0.3, 0.4) is 0 Å². The molecule has 0 radical (unpaired) electrons. The number of hydrogen-bond donors (Lipinski definition) is 0. The van der Waals surface area contributed by atoms with E-state index in [1.165, 1.54) is 5.57 Å². The van der Waals surface area contributed by atoms with Gasteiger partial charge in [0.2, 0.25) is 0 Å². The fourth-order valence-corrected chi connectivity index (χ4v) is 0.583. The Morgan fingerprint density at radius 2 is 1.83 bits per heavy atom. The van der Waals surface area contributed by atoms with Crippen LogP contribution in [0.15, 0.2) is 24.3 Å². The first-order valence-electron chi connectivity index (χ1n) is 2.21. The molecule has 0 nitrogen and oxygen atoms in total. The van der Waals surface area contributed by atoms with Crippen LogP contribution >= 0.6 is 0 Å². The van der Waals surface area contributed by atoms with Crippen LogP contribution in [0.1, 0.15) is 12.8 Å². The topological polar surface area (TPSA) is 0 Å². The zero-order valence-corrected chi connectivity index (χ0v) is 3.78. The molecule has 0 N–H and O–H groups in total. The van der Waals surface area contributed by atoms with E-state index in [1.807, 2.05) is 0 Å². The lowest BCUT2D eigenvalue weighted by molar-refractivity contribution is 1.21. The summed E-state index contributed by atoms with van der Waals surface area (Å²) in [4.78, 5) is 0. The fourth-order valence-electron chi connectivity index (χ4n) is 0.583. The van der Waals surface area contributed by atoms with Gasteiger partial charge in [0.15, 0.2) is 0 Å². The van der Waals surface area contributed by atoms with E-state index in [9.17, 15) is 0 Å². The molecule has 0 unspecified atom stereocenters. The molecular weight excluding hydrogens is 72.1 g/mol. The molecule has 0 aromatic heterocycles. The van der Waals surface area contributed by atoms with Gasteiger partial charge < -0.3 is 0 Å². The van der Waals surface area contributed by atoms with E-state index >= 15 is 0 Å². The summed E-state index contributed by atoms with van der Waals surface area (Å²) in [7, 11) is 0. The van der Waals surface area contributed by atoms with Gasteiger partial charge in [-0.05, 0) is 12.8 Å². The van der Waals surface area contributed by atoms with Crippen molar-refractivity contribution in [2.75, 3.05) is 0 Å². The maximum atomic E-state index is 3.79. The quantitative estimate of drug-likeness (QED) is 0.390. The van der Waals surface area contributed by atoms with Crippen molar-refractivity contribution in [1.29, 1.82) is 0 Å². The molecule has 0 atom stereocenters. The minimum atomic E-state index is 1.11. The molecule has 0 fully saturated rings. The Hall–Kier alpha value is -0.520. The Balaban J connectivity index is 2.52. The van der Waals surface area contributed by atoms with E-state index in [0.29, 0.717) is 0 Å². The van der Waals surface area contributed by atoms with Crippen LogP contribution in [0.25, 0.3) is 0 Å². The Labute approximate surface area is 38.2 Å². The van der Waals surface area contributed by atoms with Crippen LogP contribution in [-0.4, -0.2) is 0 Å². The van der Waals surface area contributed by atoms with Crippen LogP contribution in [0.5, 0.6) is 0 Å². The first kappa shape index (κ1) is 3.66. The molecule has 1 aliphatic carbocycles. The van der Waals surface area contributed by atoms with Gasteiger partial charge >= 0.3 is 0 Å². The highest BCUT2D eigenvalue weighted by Crippen LogP contribution is 2.12. The molecule has 0 amide bonds. The molecule has 32 valence electrons. The molecule has 0 bridgehead atoms. The van der Waals surface area contributed by atoms with E-state index in [4.69, 9.17) is 0 Å². The first-order chi connectivity index (χ1) is 2.89. The standard InChI is InChI=1S/C6H8/c1-6-4-2-3-5-6/h2-3H,1,4-5H2. The molecule has 0 heteroatoms. The molecule has 0 heterocycles. The van der Waals surface area contributed by atoms with E-state index in [1.54, 1.807) is 0 Å². The molecule has 1 aliphatic rings. The summed E-state index contributed by atoms with van der Waals surface area (Å²) >= 11 is 0. The molecule has 0 aromatic rings. The summed E-state index contributed by atoms with van der Waals surface area (Å²) in [5.74, 6) is 0. The molecule has 6 heavy (non-hydrogen) atoms. The molecule has 0 spiro atoms. The van der Waals surface area contributed by atoms with Gasteiger partial charge in [-0.2, -0.15) is 0 Å². The van der Waals surface area contributed by atoms with Crippen molar-refractivity contribution in [3.05, 3.63) is 24.3 Å². The Bertz CT molecular complexity index is 78.2. The van der Waals surface area contributed by atoms with Crippen LogP contribution < -0.4 is 0 Å². The molecular formula is C6H8. The van der Waals surface area contributed by atoms with Crippen molar-refractivity contribution >= 4 is 0 Å². The number of hydrogen-bond acceptors (Lipinski definition) is 0. The highest BCUT2D eigenvalue weighted by atomic mass is 14.0. The monoisotopic (exact) mass is 80.1 g/mol. The molecule has 0 saturated heterocycles. The second-order valence-corrected chi connectivity index (χ2v) is 1.63. The first-order valence-corrected chi connectivity index (χ1v) is 2.21. The molecule has 1 rings (SSSR count). The van der Waals surface area contributed by atoms with E-state index in [2.05, 4.69) is 18.7 Å². The van der Waals surface area contributed by atoms with Gasteiger partial charge in [-0.1, -0.05) is 24.3 Å². The zero-order valence-electron chi connectivity index (χ0n) is 3.78. The van der Waals surface area contributed by atoms with Gasteiger partial charge in [-0.15, -0.1) is 0 Å². The summed E-state index contributed by atoms with van der Waals surface area (Å²) in [5, 5.41) is 0. The van der Waals surface area contributed by atoms with Crippen LogP contribution in [0.2, 0.25) is 0 Å². The van der Waals surface area contributed by atoms with Crippen molar-refractivity contribution in [2.24, 2.45) is 0 Å². The Morgan fingerprint density at radius 3 is 2.00 bits per heavy atom. The summed E-state index contributed by atoms with van der Waals surface area (Å²) in [6.45, 7) is 3.79.